The van der Waals surface area contributed by atoms with Gasteiger partial charge in [0.1, 0.15) is 0 Å². The van der Waals surface area contributed by atoms with E-state index in [-0.39, 0.29) is 5.91 Å². The summed E-state index contributed by atoms with van der Waals surface area (Å²) in [5.41, 5.74) is 2.41. The SMILES string of the molecule is CSc1ncc(CNC(=O)CN2CCC[C@H](c3ccccc3)C2)n1C. The molecule has 0 spiro atoms. The third kappa shape index (κ3) is 4.64. The van der Waals surface area contributed by atoms with Crippen molar-refractivity contribution in [2.45, 2.75) is 30.5 Å². The minimum atomic E-state index is 0.0839. The van der Waals surface area contributed by atoms with E-state index in [1.54, 1.807) is 11.8 Å². The van der Waals surface area contributed by atoms with Gasteiger partial charge in [-0.15, -0.1) is 0 Å². The van der Waals surface area contributed by atoms with Crippen LogP contribution >= 0.6 is 11.8 Å². The zero-order chi connectivity index (χ0) is 17.6. The van der Waals surface area contributed by atoms with Crippen molar-refractivity contribution >= 4 is 17.7 Å². The van der Waals surface area contributed by atoms with Crippen molar-refractivity contribution in [2.75, 3.05) is 25.9 Å². The number of aromatic nitrogens is 2. The molecule has 2 heterocycles. The Morgan fingerprint density at radius 1 is 1.36 bits per heavy atom. The molecule has 5 nitrogen and oxygen atoms in total. The number of hydrogen-bond donors (Lipinski definition) is 1. The van der Waals surface area contributed by atoms with Gasteiger partial charge in [-0.2, -0.15) is 0 Å². The lowest BCUT2D eigenvalue weighted by Gasteiger charge is -2.32. The summed E-state index contributed by atoms with van der Waals surface area (Å²) in [7, 11) is 1.98. The van der Waals surface area contributed by atoms with Crippen LogP contribution in [0.15, 0.2) is 41.7 Å². The van der Waals surface area contributed by atoms with E-state index in [1.165, 1.54) is 12.0 Å². The molecule has 1 N–H and O–H groups in total. The van der Waals surface area contributed by atoms with Gasteiger partial charge in [-0.05, 0) is 37.1 Å². The molecule has 1 aromatic heterocycles. The first-order valence-corrected chi connectivity index (χ1v) is 9.98. The Morgan fingerprint density at radius 2 is 2.16 bits per heavy atom. The molecule has 1 aliphatic rings. The highest BCUT2D eigenvalue weighted by molar-refractivity contribution is 7.98. The number of rotatable bonds is 6. The number of nitrogens with zero attached hydrogens (tertiary/aromatic N) is 3. The van der Waals surface area contributed by atoms with Crippen LogP contribution in [0, 0.1) is 0 Å². The fourth-order valence-electron chi connectivity index (χ4n) is 3.42. The first-order valence-electron chi connectivity index (χ1n) is 8.76. The van der Waals surface area contributed by atoms with Crippen molar-refractivity contribution in [2.24, 2.45) is 7.05 Å². The molecular weight excluding hydrogens is 332 g/mol. The topological polar surface area (TPSA) is 50.2 Å². The van der Waals surface area contributed by atoms with Crippen LogP contribution in [0.5, 0.6) is 0 Å². The van der Waals surface area contributed by atoms with Crippen LogP contribution in [0.25, 0.3) is 0 Å². The van der Waals surface area contributed by atoms with Crippen LogP contribution in [0.1, 0.15) is 30.0 Å². The van der Waals surface area contributed by atoms with Gasteiger partial charge in [-0.25, -0.2) is 4.98 Å². The number of amides is 1. The summed E-state index contributed by atoms with van der Waals surface area (Å²) < 4.78 is 2.03. The van der Waals surface area contributed by atoms with E-state index in [0.29, 0.717) is 19.0 Å². The maximum absolute atomic E-state index is 12.3. The number of thioether (sulfide) groups is 1. The molecule has 1 amide bonds. The molecule has 3 rings (SSSR count). The summed E-state index contributed by atoms with van der Waals surface area (Å²) in [4.78, 5) is 18.9. The van der Waals surface area contributed by atoms with Gasteiger partial charge in [0.25, 0.3) is 0 Å². The van der Waals surface area contributed by atoms with Gasteiger partial charge in [0.15, 0.2) is 5.16 Å². The first-order chi connectivity index (χ1) is 12.2. The van der Waals surface area contributed by atoms with Gasteiger partial charge in [-0.1, -0.05) is 42.1 Å². The summed E-state index contributed by atoms with van der Waals surface area (Å²) in [5, 5.41) is 3.99. The van der Waals surface area contributed by atoms with Crippen LogP contribution in [-0.2, 0) is 18.4 Å². The highest BCUT2D eigenvalue weighted by atomic mass is 32.2. The number of carbonyl (C=O) groups excluding carboxylic acids is 1. The molecule has 0 bridgehead atoms. The molecule has 0 saturated carbocycles. The average molecular weight is 359 g/mol. The molecule has 0 aliphatic carbocycles. The molecule has 1 fully saturated rings. The predicted molar refractivity (Wildman–Crippen MR) is 102 cm³/mol. The lowest BCUT2D eigenvalue weighted by Crippen LogP contribution is -2.41. The Hall–Kier alpha value is -1.79. The minimum Gasteiger partial charge on any atom is -0.349 e. The molecule has 1 saturated heterocycles. The Labute approximate surface area is 153 Å². The number of benzene rings is 1. The molecule has 2 aromatic rings. The summed E-state index contributed by atoms with van der Waals surface area (Å²) in [6, 6.07) is 10.6. The molecular formula is C19H26N4OS. The monoisotopic (exact) mass is 358 g/mol. The van der Waals surface area contributed by atoms with Crippen LogP contribution < -0.4 is 5.32 Å². The molecule has 1 aliphatic heterocycles. The van der Waals surface area contributed by atoms with E-state index in [1.807, 2.05) is 24.1 Å². The van der Waals surface area contributed by atoms with E-state index >= 15 is 0 Å². The minimum absolute atomic E-state index is 0.0839. The molecule has 0 radical (unpaired) electrons. The largest absolute Gasteiger partial charge is 0.349 e. The van der Waals surface area contributed by atoms with Gasteiger partial charge in [0.2, 0.25) is 5.91 Å². The molecule has 25 heavy (non-hydrogen) atoms. The first kappa shape index (κ1) is 18.0. The third-order valence-electron chi connectivity index (χ3n) is 4.83. The average Bonchev–Trinajstić information content (AvgIpc) is 3.01. The van der Waals surface area contributed by atoms with Crippen LogP contribution in [0.4, 0.5) is 0 Å². The third-order valence-corrected chi connectivity index (χ3v) is 5.58. The maximum Gasteiger partial charge on any atom is 0.234 e. The van der Waals surface area contributed by atoms with E-state index in [9.17, 15) is 4.79 Å². The molecule has 0 unspecified atom stereocenters. The van der Waals surface area contributed by atoms with Gasteiger partial charge < -0.3 is 9.88 Å². The highest BCUT2D eigenvalue weighted by Crippen LogP contribution is 2.26. The van der Waals surface area contributed by atoms with Crippen LogP contribution in [0.2, 0.25) is 0 Å². The van der Waals surface area contributed by atoms with Crippen LogP contribution in [0.3, 0.4) is 0 Å². The van der Waals surface area contributed by atoms with Gasteiger partial charge in [-0.3, -0.25) is 9.69 Å². The lowest BCUT2D eigenvalue weighted by molar-refractivity contribution is -0.122. The normalized spacial score (nSPS) is 18.2. The number of imidazole rings is 1. The van der Waals surface area contributed by atoms with Crippen molar-refractivity contribution < 1.29 is 4.79 Å². The lowest BCUT2D eigenvalue weighted by atomic mass is 9.91. The molecule has 1 atom stereocenters. The smallest absolute Gasteiger partial charge is 0.234 e. The van der Waals surface area contributed by atoms with Crippen molar-refractivity contribution in [1.29, 1.82) is 0 Å². The van der Waals surface area contributed by atoms with Crippen molar-refractivity contribution in [3.8, 4) is 0 Å². The Balaban J connectivity index is 1.49. The summed E-state index contributed by atoms with van der Waals surface area (Å²) in [6.45, 7) is 2.95. The number of carbonyl (C=O) groups is 1. The zero-order valence-corrected chi connectivity index (χ0v) is 15.8. The summed E-state index contributed by atoms with van der Waals surface area (Å²) in [6.07, 6.45) is 6.18. The Kier molecular flexibility index (Phi) is 6.15. The second-order valence-electron chi connectivity index (χ2n) is 6.56. The summed E-state index contributed by atoms with van der Waals surface area (Å²) in [5.74, 6) is 0.615. The molecule has 6 heteroatoms. The number of piperidine rings is 1. The Bertz CT molecular complexity index is 701. The maximum atomic E-state index is 12.3. The van der Waals surface area contributed by atoms with Gasteiger partial charge >= 0.3 is 0 Å². The number of hydrogen-bond acceptors (Lipinski definition) is 4. The quantitative estimate of drug-likeness (QED) is 0.807. The zero-order valence-electron chi connectivity index (χ0n) is 14.9. The van der Waals surface area contributed by atoms with E-state index in [2.05, 4.69) is 45.5 Å². The van der Waals surface area contributed by atoms with E-state index < -0.39 is 0 Å². The van der Waals surface area contributed by atoms with Gasteiger partial charge in [0, 0.05) is 13.6 Å². The summed E-state index contributed by atoms with van der Waals surface area (Å²) >= 11 is 1.61. The fraction of sp³-hybridized carbons (Fsp3) is 0.474. The van der Waals surface area contributed by atoms with E-state index in [4.69, 9.17) is 0 Å². The fourth-order valence-corrected chi connectivity index (χ4v) is 3.97. The second kappa shape index (κ2) is 8.54. The van der Waals surface area contributed by atoms with Gasteiger partial charge in [0.05, 0.1) is 25.0 Å². The number of likely N-dealkylation sites (tertiary alicyclic amines) is 1. The van der Waals surface area contributed by atoms with Crippen LogP contribution in [-0.4, -0.2) is 46.2 Å². The standard InChI is InChI=1S/C19H26N4OS/c1-22-17(12-21-19(22)25-2)11-20-18(24)14-23-10-6-9-16(13-23)15-7-4-3-5-8-15/h3-5,7-8,12,16H,6,9-11,13-14H2,1-2H3,(H,20,24)/t16-/m0/s1. The highest BCUT2D eigenvalue weighted by Gasteiger charge is 2.22. The Morgan fingerprint density at radius 3 is 2.88 bits per heavy atom. The van der Waals surface area contributed by atoms with Crippen molar-refractivity contribution in [3.05, 3.63) is 47.8 Å². The molecule has 1 aromatic carbocycles. The van der Waals surface area contributed by atoms with Crippen molar-refractivity contribution in [3.63, 3.8) is 0 Å². The van der Waals surface area contributed by atoms with E-state index in [0.717, 1.165) is 30.4 Å². The number of nitrogens with one attached hydrogen (secondary N) is 1. The van der Waals surface area contributed by atoms with Crippen molar-refractivity contribution in [1.82, 2.24) is 19.8 Å². The molecule has 134 valence electrons. The predicted octanol–water partition coefficient (Wildman–Crippen LogP) is 2.64. The second-order valence-corrected chi connectivity index (χ2v) is 7.33.